The number of hydrogen-bond donors (Lipinski definition) is 1. The van der Waals surface area contributed by atoms with Crippen LogP contribution in [0.2, 0.25) is 0 Å². The minimum atomic E-state index is -4.40. The molecule has 1 N–H and O–H groups in total. The van der Waals surface area contributed by atoms with E-state index < -0.39 is 11.7 Å². The third kappa shape index (κ3) is 6.47. The summed E-state index contributed by atoms with van der Waals surface area (Å²) in [4.78, 5) is 14.1. The molecule has 0 aliphatic rings. The van der Waals surface area contributed by atoms with Gasteiger partial charge in [-0.3, -0.25) is 4.79 Å². The molecule has 0 heterocycles. The fourth-order valence-corrected chi connectivity index (χ4v) is 2.22. The summed E-state index contributed by atoms with van der Waals surface area (Å²) in [7, 11) is 0. The molecule has 0 atom stereocenters. The second kappa shape index (κ2) is 8.78. The number of nitrogens with zero attached hydrogens (tertiary/aromatic N) is 1. The molecule has 3 nitrogen and oxygen atoms in total. The van der Waals surface area contributed by atoms with Gasteiger partial charge in [0.05, 0.1) is 5.56 Å². The van der Waals surface area contributed by atoms with Crippen molar-refractivity contribution in [2.75, 3.05) is 25.0 Å². The van der Waals surface area contributed by atoms with Crippen molar-refractivity contribution in [3.8, 4) is 0 Å². The number of amides is 1. The van der Waals surface area contributed by atoms with E-state index in [9.17, 15) is 18.0 Å². The van der Waals surface area contributed by atoms with Gasteiger partial charge in [-0.15, -0.1) is 0 Å². The van der Waals surface area contributed by atoms with Crippen LogP contribution in [-0.4, -0.2) is 30.4 Å². The Bertz CT molecular complexity index is 469. The molecule has 6 heteroatoms. The Balaban J connectivity index is 2.54. The predicted octanol–water partition coefficient (Wildman–Crippen LogP) is 4.16. The molecule has 0 aromatic heterocycles. The molecule has 0 spiro atoms. The van der Waals surface area contributed by atoms with E-state index in [2.05, 4.69) is 24.1 Å². The summed E-state index contributed by atoms with van der Waals surface area (Å²) >= 11 is 0. The molecule has 1 aromatic carbocycles. The number of carbonyl (C=O) groups excluding carboxylic acids is 1. The van der Waals surface area contributed by atoms with Crippen LogP contribution in [0.25, 0.3) is 0 Å². The highest BCUT2D eigenvalue weighted by atomic mass is 19.4. The Labute approximate surface area is 129 Å². The summed E-state index contributed by atoms with van der Waals surface area (Å²) in [5.41, 5.74) is -0.582. The van der Waals surface area contributed by atoms with Crippen molar-refractivity contribution in [3.05, 3.63) is 29.8 Å². The van der Waals surface area contributed by atoms with Crippen molar-refractivity contribution in [2.24, 2.45) is 0 Å². The number of anilines is 1. The van der Waals surface area contributed by atoms with E-state index in [4.69, 9.17) is 0 Å². The first-order valence-electron chi connectivity index (χ1n) is 7.56. The molecule has 1 aromatic rings. The monoisotopic (exact) mass is 316 g/mol. The van der Waals surface area contributed by atoms with Crippen molar-refractivity contribution in [1.29, 1.82) is 0 Å². The van der Waals surface area contributed by atoms with E-state index in [0.29, 0.717) is 6.54 Å². The van der Waals surface area contributed by atoms with Gasteiger partial charge in [-0.1, -0.05) is 19.9 Å². The quantitative estimate of drug-likeness (QED) is 0.781. The van der Waals surface area contributed by atoms with Gasteiger partial charge >= 0.3 is 6.18 Å². The van der Waals surface area contributed by atoms with Crippen molar-refractivity contribution in [3.63, 3.8) is 0 Å². The van der Waals surface area contributed by atoms with E-state index in [1.54, 1.807) is 0 Å². The first-order valence-corrected chi connectivity index (χ1v) is 7.56. The van der Waals surface area contributed by atoms with Crippen molar-refractivity contribution in [1.82, 2.24) is 4.90 Å². The zero-order valence-corrected chi connectivity index (χ0v) is 13.0. The molecular formula is C16H23F3N2O. The summed E-state index contributed by atoms with van der Waals surface area (Å²) in [5.74, 6) is -0.267. The second-order valence-electron chi connectivity index (χ2n) is 5.22. The maximum absolute atomic E-state index is 12.6. The van der Waals surface area contributed by atoms with Gasteiger partial charge in [0.25, 0.3) is 0 Å². The Hall–Kier alpha value is -1.56. The second-order valence-corrected chi connectivity index (χ2v) is 5.22. The van der Waals surface area contributed by atoms with E-state index in [0.717, 1.165) is 38.1 Å². The highest BCUT2D eigenvalue weighted by Crippen LogP contribution is 2.30. The fourth-order valence-electron chi connectivity index (χ4n) is 2.22. The van der Waals surface area contributed by atoms with Crippen LogP contribution in [-0.2, 0) is 11.0 Å². The first-order chi connectivity index (χ1) is 10.4. The van der Waals surface area contributed by atoms with Crippen molar-refractivity contribution >= 4 is 11.6 Å². The number of nitrogens with one attached hydrogen (secondary N) is 1. The van der Waals surface area contributed by atoms with E-state index in [1.165, 1.54) is 12.1 Å². The van der Waals surface area contributed by atoms with Crippen molar-refractivity contribution < 1.29 is 18.0 Å². The molecule has 0 aliphatic carbocycles. The molecular weight excluding hydrogens is 293 g/mol. The van der Waals surface area contributed by atoms with Gasteiger partial charge in [0.2, 0.25) is 5.91 Å². The van der Waals surface area contributed by atoms with Gasteiger partial charge in [0.15, 0.2) is 0 Å². The highest BCUT2D eigenvalue weighted by molar-refractivity contribution is 5.90. The standard InChI is InChI=1S/C16H23F3N2O/c1-3-9-21(10-4-2)11-8-15(22)20-14-7-5-6-13(12-14)16(17,18)19/h5-7,12H,3-4,8-11H2,1-2H3,(H,20,22). The molecule has 0 unspecified atom stereocenters. The minimum absolute atomic E-state index is 0.178. The molecule has 0 aliphatic heterocycles. The Morgan fingerprint density at radius 3 is 2.32 bits per heavy atom. The topological polar surface area (TPSA) is 32.3 Å². The van der Waals surface area contributed by atoms with Gasteiger partial charge in [-0.2, -0.15) is 13.2 Å². The lowest BCUT2D eigenvalue weighted by atomic mass is 10.2. The molecule has 0 bridgehead atoms. The third-order valence-corrected chi connectivity index (χ3v) is 3.21. The molecule has 1 rings (SSSR count). The van der Waals surface area contributed by atoms with Gasteiger partial charge < -0.3 is 10.2 Å². The SMILES string of the molecule is CCCN(CCC)CCC(=O)Nc1cccc(C(F)(F)F)c1. The van der Waals surface area contributed by atoms with Crippen LogP contribution in [0.3, 0.4) is 0 Å². The number of hydrogen-bond acceptors (Lipinski definition) is 2. The zero-order chi connectivity index (χ0) is 16.6. The third-order valence-electron chi connectivity index (χ3n) is 3.21. The molecule has 0 radical (unpaired) electrons. The van der Waals surface area contributed by atoms with Crippen molar-refractivity contribution in [2.45, 2.75) is 39.3 Å². The number of alkyl halides is 3. The van der Waals surface area contributed by atoms with Crippen LogP contribution < -0.4 is 5.32 Å². The van der Waals surface area contributed by atoms with Gasteiger partial charge in [-0.05, 0) is 44.1 Å². The van der Waals surface area contributed by atoms with E-state index in [-0.39, 0.29) is 18.0 Å². The van der Waals surface area contributed by atoms with Crippen LogP contribution in [0.5, 0.6) is 0 Å². The van der Waals surface area contributed by atoms with Gasteiger partial charge in [-0.25, -0.2) is 0 Å². The zero-order valence-electron chi connectivity index (χ0n) is 13.0. The number of halogens is 3. The van der Waals surface area contributed by atoms with Gasteiger partial charge in [0, 0.05) is 18.7 Å². The average molecular weight is 316 g/mol. The lowest BCUT2D eigenvalue weighted by Gasteiger charge is -2.20. The molecule has 0 saturated heterocycles. The van der Waals surface area contributed by atoms with Crippen LogP contribution in [0.15, 0.2) is 24.3 Å². The largest absolute Gasteiger partial charge is 0.416 e. The number of rotatable bonds is 8. The summed E-state index contributed by atoms with van der Waals surface area (Å²) < 4.78 is 37.8. The lowest BCUT2D eigenvalue weighted by Crippen LogP contribution is -2.29. The van der Waals surface area contributed by atoms with Crippen LogP contribution in [0, 0.1) is 0 Å². The molecule has 0 fully saturated rings. The smallest absolute Gasteiger partial charge is 0.326 e. The maximum Gasteiger partial charge on any atom is 0.416 e. The van der Waals surface area contributed by atoms with E-state index in [1.807, 2.05) is 0 Å². The average Bonchev–Trinajstić information content (AvgIpc) is 2.45. The normalized spacial score (nSPS) is 11.7. The lowest BCUT2D eigenvalue weighted by molar-refractivity contribution is -0.137. The van der Waals surface area contributed by atoms with Gasteiger partial charge in [0.1, 0.15) is 0 Å². The maximum atomic E-state index is 12.6. The fraction of sp³-hybridized carbons (Fsp3) is 0.562. The Morgan fingerprint density at radius 2 is 1.77 bits per heavy atom. The summed E-state index contributed by atoms with van der Waals surface area (Å²) in [6.45, 7) is 6.61. The van der Waals surface area contributed by atoms with Crippen LogP contribution in [0.4, 0.5) is 18.9 Å². The van der Waals surface area contributed by atoms with Crippen LogP contribution >= 0.6 is 0 Å². The Kier molecular flexibility index (Phi) is 7.38. The summed E-state index contributed by atoms with van der Waals surface area (Å²) in [5, 5.41) is 2.53. The summed E-state index contributed by atoms with van der Waals surface area (Å²) in [6, 6.07) is 4.69. The molecule has 0 saturated carbocycles. The first kappa shape index (κ1) is 18.5. The predicted molar refractivity (Wildman–Crippen MR) is 81.7 cm³/mol. The summed E-state index contributed by atoms with van der Waals surface area (Å²) in [6.07, 6.45) is -2.11. The number of carbonyl (C=O) groups is 1. The molecule has 124 valence electrons. The highest BCUT2D eigenvalue weighted by Gasteiger charge is 2.30. The molecule has 22 heavy (non-hydrogen) atoms. The number of benzene rings is 1. The molecule has 1 amide bonds. The Morgan fingerprint density at radius 1 is 1.14 bits per heavy atom. The van der Waals surface area contributed by atoms with E-state index >= 15 is 0 Å². The van der Waals surface area contributed by atoms with Crippen LogP contribution in [0.1, 0.15) is 38.7 Å². The minimum Gasteiger partial charge on any atom is -0.326 e.